The van der Waals surface area contributed by atoms with E-state index >= 15 is 0 Å². The second-order valence-electron chi connectivity index (χ2n) is 7.43. The van der Waals surface area contributed by atoms with E-state index in [-0.39, 0.29) is 11.9 Å². The Kier molecular flexibility index (Phi) is 4.65. The molecule has 1 amide bonds. The number of nitrogens with zero attached hydrogens (tertiary/aromatic N) is 4. The highest BCUT2D eigenvalue weighted by molar-refractivity contribution is 6.33. The maximum atomic E-state index is 12.9. The van der Waals surface area contributed by atoms with Crippen LogP contribution in [0.3, 0.4) is 0 Å². The molecule has 2 fully saturated rings. The molecular weight excluding hydrogens is 348 g/mol. The number of amides is 1. The van der Waals surface area contributed by atoms with Crippen LogP contribution in [0.5, 0.6) is 0 Å². The first-order chi connectivity index (χ1) is 12.5. The molecule has 1 aromatic heterocycles. The molecule has 0 radical (unpaired) electrons. The molecule has 1 atom stereocenters. The van der Waals surface area contributed by atoms with E-state index in [0.717, 1.165) is 43.1 Å². The van der Waals surface area contributed by atoms with Gasteiger partial charge < -0.3 is 9.80 Å². The van der Waals surface area contributed by atoms with E-state index in [1.807, 2.05) is 30.0 Å². The fraction of sp³-hybridized carbons (Fsp3) is 0.500. The molecule has 2 aromatic rings. The van der Waals surface area contributed by atoms with Gasteiger partial charge in [0, 0.05) is 37.4 Å². The third kappa shape index (κ3) is 3.20. The maximum Gasteiger partial charge on any atom is 0.253 e. The van der Waals surface area contributed by atoms with Gasteiger partial charge >= 0.3 is 0 Å². The van der Waals surface area contributed by atoms with Crippen molar-refractivity contribution in [2.45, 2.75) is 39.2 Å². The second-order valence-corrected chi connectivity index (χ2v) is 7.83. The summed E-state index contributed by atoms with van der Waals surface area (Å²) in [5, 5.41) is 5.25. The van der Waals surface area contributed by atoms with Gasteiger partial charge in [0.05, 0.1) is 22.4 Å². The average Bonchev–Trinajstić information content (AvgIpc) is 3.35. The van der Waals surface area contributed by atoms with Gasteiger partial charge in [-0.2, -0.15) is 5.10 Å². The summed E-state index contributed by atoms with van der Waals surface area (Å²) in [7, 11) is 0. The zero-order valence-electron chi connectivity index (χ0n) is 15.4. The predicted molar refractivity (Wildman–Crippen MR) is 104 cm³/mol. The monoisotopic (exact) mass is 372 g/mol. The number of hydrogen-bond donors (Lipinski definition) is 0. The van der Waals surface area contributed by atoms with Gasteiger partial charge in [-0.05, 0) is 57.4 Å². The Morgan fingerprint density at radius 1 is 1.15 bits per heavy atom. The van der Waals surface area contributed by atoms with Gasteiger partial charge in [0.25, 0.3) is 5.91 Å². The van der Waals surface area contributed by atoms with E-state index in [4.69, 9.17) is 11.6 Å². The van der Waals surface area contributed by atoms with Crippen molar-refractivity contribution in [1.29, 1.82) is 0 Å². The number of aryl methyl sites for hydroxylation is 2. The van der Waals surface area contributed by atoms with Crippen LogP contribution in [0.1, 0.15) is 47.1 Å². The number of aromatic nitrogens is 2. The van der Waals surface area contributed by atoms with E-state index in [9.17, 15) is 4.79 Å². The van der Waals surface area contributed by atoms with Gasteiger partial charge in [-0.3, -0.25) is 9.48 Å². The van der Waals surface area contributed by atoms with Crippen molar-refractivity contribution in [1.82, 2.24) is 14.7 Å². The number of halogens is 1. The summed E-state index contributed by atoms with van der Waals surface area (Å²) in [5.74, 6) is 0.0592. The lowest BCUT2D eigenvalue weighted by Crippen LogP contribution is -2.29. The first-order valence-electron chi connectivity index (χ1n) is 9.39. The summed E-state index contributed by atoms with van der Waals surface area (Å²) < 4.78 is 2.06. The zero-order chi connectivity index (χ0) is 18.3. The zero-order valence-corrected chi connectivity index (χ0v) is 16.2. The van der Waals surface area contributed by atoms with Crippen molar-refractivity contribution in [3.63, 3.8) is 0 Å². The van der Waals surface area contributed by atoms with Gasteiger partial charge in [0.15, 0.2) is 0 Å². The molecule has 2 aliphatic rings. The number of carbonyl (C=O) groups excluding carboxylic acids is 1. The van der Waals surface area contributed by atoms with Crippen LogP contribution in [-0.2, 0) is 0 Å². The van der Waals surface area contributed by atoms with E-state index in [0.29, 0.717) is 17.1 Å². The Hall–Kier alpha value is -2.01. The Labute approximate surface area is 159 Å². The Balaban J connectivity index is 1.48. The van der Waals surface area contributed by atoms with Crippen LogP contribution in [0.15, 0.2) is 24.3 Å². The fourth-order valence-corrected chi connectivity index (χ4v) is 4.48. The van der Waals surface area contributed by atoms with Gasteiger partial charge in [-0.1, -0.05) is 11.6 Å². The molecule has 1 unspecified atom stereocenters. The lowest BCUT2D eigenvalue weighted by molar-refractivity contribution is 0.0787. The predicted octanol–water partition coefficient (Wildman–Crippen LogP) is 3.84. The van der Waals surface area contributed by atoms with Crippen molar-refractivity contribution in [3.05, 3.63) is 46.2 Å². The third-order valence-electron chi connectivity index (χ3n) is 5.48. The number of benzene rings is 1. The summed E-state index contributed by atoms with van der Waals surface area (Å²) >= 11 is 6.48. The van der Waals surface area contributed by atoms with Crippen molar-refractivity contribution in [3.8, 4) is 0 Å². The Bertz CT molecular complexity index is 825. The molecule has 138 valence electrons. The van der Waals surface area contributed by atoms with Gasteiger partial charge in [0.2, 0.25) is 0 Å². The molecule has 3 heterocycles. The normalized spacial score (nSPS) is 20.2. The first kappa shape index (κ1) is 17.4. The molecule has 0 spiro atoms. The van der Waals surface area contributed by atoms with E-state index in [2.05, 4.69) is 27.7 Å². The van der Waals surface area contributed by atoms with Crippen molar-refractivity contribution >= 4 is 23.2 Å². The fourth-order valence-electron chi connectivity index (χ4n) is 4.18. The lowest BCUT2D eigenvalue weighted by atomic mass is 10.1. The van der Waals surface area contributed by atoms with Crippen LogP contribution in [0.4, 0.5) is 5.69 Å². The van der Waals surface area contributed by atoms with E-state index in [1.54, 1.807) is 0 Å². The molecule has 5 nitrogen and oxygen atoms in total. The highest BCUT2D eigenvalue weighted by Gasteiger charge is 2.29. The minimum Gasteiger partial charge on any atom is -0.370 e. The lowest BCUT2D eigenvalue weighted by Gasteiger charge is -2.21. The number of likely N-dealkylation sites (tertiary alicyclic amines) is 1. The van der Waals surface area contributed by atoms with Crippen LogP contribution in [-0.4, -0.2) is 46.8 Å². The third-order valence-corrected chi connectivity index (χ3v) is 5.79. The smallest absolute Gasteiger partial charge is 0.253 e. The summed E-state index contributed by atoms with van der Waals surface area (Å²) in [6, 6.07) is 8.08. The Morgan fingerprint density at radius 2 is 1.92 bits per heavy atom. The number of rotatable bonds is 3. The first-order valence-corrected chi connectivity index (χ1v) is 9.77. The largest absolute Gasteiger partial charge is 0.370 e. The molecule has 26 heavy (non-hydrogen) atoms. The summed E-state index contributed by atoms with van der Waals surface area (Å²) in [4.78, 5) is 17.1. The van der Waals surface area contributed by atoms with Crippen molar-refractivity contribution < 1.29 is 4.79 Å². The second kappa shape index (κ2) is 6.95. The molecule has 4 rings (SSSR count). The van der Waals surface area contributed by atoms with Crippen molar-refractivity contribution in [2.24, 2.45) is 0 Å². The highest BCUT2D eigenvalue weighted by atomic mass is 35.5. The number of carbonyl (C=O) groups is 1. The number of anilines is 1. The molecule has 2 saturated heterocycles. The SMILES string of the molecule is Cc1cc(C)n(C2CCN(C(=O)c3ccc(N4CCCC4)c(Cl)c3)C2)n1. The summed E-state index contributed by atoms with van der Waals surface area (Å²) in [6.07, 6.45) is 3.35. The molecule has 0 bridgehead atoms. The molecule has 0 N–H and O–H groups in total. The van der Waals surface area contributed by atoms with Gasteiger partial charge in [-0.25, -0.2) is 0 Å². The van der Waals surface area contributed by atoms with Gasteiger partial charge in [0.1, 0.15) is 0 Å². The highest BCUT2D eigenvalue weighted by Crippen LogP contribution is 2.31. The maximum absolute atomic E-state index is 12.9. The van der Waals surface area contributed by atoms with Crippen LogP contribution < -0.4 is 4.90 Å². The minimum atomic E-state index is 0.0592. The Morgan fingerprint density at radius 3 is 2.58 bits per heavy atom. The molecule has 1 aromatic carbocycles. The quantitative estimate of drug-likeness (QED) is 0.821. The topological polar surface area (TPSA) is 41.4 Å². The van der Waals surface area contributed by atoms with Crippen LogP contribution in [0, 0.1) is 13.8 Å². The molecule has 2 aliphatic heterocycles. The summed E-state index contributed by atoms with van der Waals surface area (Å²) in [5.41, 5.74) is 3.89. The molecule has 0 aliphatic carbocycles. The van der Waals surface area contributed by atoms with Crippen molar-refractivity contribution in [2.75, 3.05) is 31.1 Å². The standard InChI is InChI=1S/C20H25ClN4O/c1-14-11-15(2)25(22-14)17-7-10-24(13-17)20(26)16-5-6-19(18(21)12-16)23-8-3-4-9-23/h5-6,11-12,17H,3-4,7-10,13H2,1-2H3. The van der Waals surface area contributed by atoms with Crippen LogP contribution in [0.25, 0.3) is 0 Å². The molecule has 6 heteroatoms. The van der Waals surface area contributed by atoms with E-state index < -0.39 is 0 Å². The minimum absolute atomic E-state index is 0.0592. The molecule has 0 saturated carbocycles. The van der Waals surface area contributed by atoms with Crippen LogP contribution in [0.2, 0.25) is 5.02 Å². The average molecular weight is 373 g/mol. The molecular formula is C20H25ClN4O. The van der Waals surface area contributed by atoms with Gasteiger partial charge in [-0.15, -0.1) is 0 Å². The summed E-state index contributed by atoms with van der Waals surface area (Å²) in [6.45, 7) is 7.62. The van der Waals surface area contributed by atoms with Crippen LogP contribution >= 0.6 is 11.6 Å². The van der Waals surface area contributed by atoms with E-state index in [1.165, 1.54) is 12.8 Å². The number of hydrogen-bond acceptors (Lipinski definition) is 3.